The van der Waals surface area contributed by atoms with E-state index in [-0.39, 0.29) is 29.7 Å². The van der Waals surface area contributed by atoms with Crippen LogP contribution in [0.5, 0.6) is 0 Å². The average Bonchev–Trinajstić information content (AvgIpc) is 3.08. The number of alkyl halides is 3. The zero-order valence-corrected chi connectivity index (χ0v) is 17.6. The van der Waals surface area contributed by atoms with Crippen molar-refractivity contribution in [3.8, 4) is 0 Å². The Kier molecular flexibility index (Phi) is 7.74. The van der Waals surface area contributed by atoms with Crippen LogP contribution >= 0.6 is 12.4 Å². The van der Waals surface area contributed by atoms with Crippen LogP contribution in [-0.2, 0) is 11.2 Å². The minimum Gasteiger partial charge on any atom is -0.347 e. The van der Waals surface area contributed by atoms with Gasteiger partial charge in [-0.2, -0.15) is 13.2 Å². The van der Waals surface area contributed by atoms with Crippen LogP contribution in [0, 0.1) is 16.0 Å². The smallest absolute Gasteiger partial charge is 0.347 e. The fraction of sp³-hybridized carbons (Fsp3) is 0.650. The number of nitrogens with one attached hydrogen (secondary N) is 1. The molecule has 1 N–H and O–H groups in total. The third kappa shape index (κ3) is 5.43. The molecule has 0 radical (unpaired) electrons. The van der Waals surface area contributed by atoms with Gasteiger partial charge in [-0.3, -0.25) is 14.9 Å². The second kappa shape index (κ2) is 9.51. The van der Waals surface area contributed by atoms with E-state index in [2.05, 4.69) is 5.32 Å². The average molecular weight is 451 g/mol. The third-order valence-electron chi connectivity index (χ3n) is 6.46. The van der Waals surface area contributed by atoms with Crippen molar-refractivity contribution in [1.29, 1.82) is 0 Å². The number of likely N-dealkylation sites (N-methyl/N-ethyl adjacent to an activating group) is 1. The van der Waals surface area contributed by atoms with E-state index in [0.717, 1.165) is 18.4 Å². The van der Waals surface area contributed by atoms with Gasteiger partial charge in [-0.05, 0) is 5.56 Å². The monoisotopic (exact) mass is 450 g/mol. The summed E-state index contributed by atoms with van der Waals surface area (Å²) in [4.78, 5) is 23.4. The maximum atomic E-state index is 14.0. The van der Waals surface area contributed by atoms with Crippen molar-refractivity contribution in [2.45, 2.75) is 56.4 Å². The molecule has 1 saturated carbocycles. The van der Waals surface area contributed by atoms with Crippen LogP contribution in [0.15, 0.2) is 30.3 Å². The van der Waals surface area contributed by atoms with E-state index in [1.807, 2.05) is 6.07 Å². The lowest BCUT2D eigenvalue weighted by Gasteiger charge is -2.48. The maximum Gasteiger partial charge on any atom is 0.397 e. The molecule has 4 atom stereocenters. The van der Waals surface area contributed by atoms with Gasteiger partial charge in [0.15, 0.2) is 0 Å². The lowest BCUT2D eigenvalue weighted by Crippen LogP contribution is -2.68. The van der Waals surface area contributed by atoms with Crippen molar-refractivity contribution >= 4 is 18.3 Å². The summed E-state index contributed by atoms with van der Waals surface area (Å²) in [6, 6.07) is 5.81. The molecule has 1 aromatic rings. The maximum absolute atomic E-state index is 14.0. The van der Waals surface area contributed by atoms with E-state index in [9.17, 15) is 28.1 Å². The van der Waals surface area contributed by atoms with E-state index in [1.165, 1.54) is 0 Å². The molecule has 2 unspecified atom stereocenters. The van der Waals surface area contributed by atoms with E-state index in [0.29, 0.717) is 13.1 Å². The van der Waals surface area contributed by atoms with Crippen LogP contribution in [0.25, 0.3) is 0 Å². The van der Waals surface area contributed by atoms with Crippen LogP contribution in [0.2, 0.25) is 0 Å². The Morgan fingerprint density at radius 3 is 2.33 bits per heavy atom. The lowest BCUT2D eigenvalue weighted by molar-refractivity contribution is -0.930. The number of rotatable bonds is 5. The molecule has 2 fully saturated rings. The van der Waals surface area contributed by atoms with Crippen molar-refractivity contribution in [3.63, 3.8) is 0 Å². The first kappa shape index (κ1) is 24.4. The number of hydrogen-bond acceptors (Lipinski definition) is 3. The second-order valence-electron chi connectivity index (χ2n) is 8.52. The molecular formula is C20H28ClF3N3O3+. The molecule has 30 heavy (non-hydrogen) atoms. The molecule has 0 bridgehead atoms. The number of benzene rings is 1. The van der Waals surface area contributed by atoms with E-state index in [1.54, 1.807) is 31.3 Å². The molecule has 3 rings (SSSR count). The van der Waals surface area contributed by atoms with Gasteiger partial charge in [0.25, 0.3) is 0 Å². The number of nitro groups is 1. The molecule has 1 aromatic carbocycles. The minimum atomic E-state index is -4.55. The highest BCUT2D eigenvalue weighted by atomic mass is 35.5. The molecule has 0 aromatic heterocycles. The number of hydrogen-bond donors (Lipinski definition) is 1. The molecule has 0 spiro atoms. The van der Waals surface area contributed by atoms with Crippen LogP contribution < -0.4 is 5.32 Å². The number of likely N-dealkylation sites (tertiary alicyclic amines) is 1. The van der Waals surface area contributed by atoms with Gasteiger partial charge in [0.05, 0.1) is 32.6 Å². The van der Waals surface area contributed by atoms with Crippen molar-refractivity contribution in [1.82, 2.24) is 5.32 Å². The lowest BCUT2D eigenvalue weighted by atomic mass is 9.76. The first-order chi connectivity index (χ1) is 13.6. The van der Waals surface area contributed by atoms with Gasteiger partial charge in [0, 0.05) is 30.6 Å². The number of quaternary nitrogens is 1. The van der Waals surface area contributed by atoms with E-state index >= 15 is 0 Å². The highest BCUT2D eigenvalue weighted by molar-refractivity contribution is 5.85. The van der Waals surface area contributed by atoms with Gasteiger partial charge in [-0.25, -0.2) is 0 Å². The van der Waals surface area contributed by atoms with Gasteiger partial charge >= 0.3 is 6.18 Å². The molecule has 10 heteroatoms. The van der Waals surface area contributed by atoms with Crippen LogP contribution in [0.4, 0.5) is 13.2 Å². The molecule has 168 valence electrons. The quantitative estimate of drug-likeness (QED) is 0.425. The Morgan fingerprint density at radius 1 is 1.20 bits per heavy atom. The summed E-state index contributed by atoms with van der Waals surface area (Å²) >= 11 is 0. The van der Waals surface area contributed by atoms with Crippen LogP contribution in [0.3, 0.4) is 0 Å². The summed E-state index contributed by atoms with van der Waals surface area (Å²) in [5.41, 5.74) is 0.747. The van der Waals surface area contributed by atoms with Crippen molar-refractivity contribution in [2.75, 3.05) is 20.1 Å². The van der Waals surface area contributed by atoms with Gasteiger partial charge < -0.3 is 9.80 Å². The van der Waals surface area contributed by atoms with E-state index < -0.39 is 47.5 Å². The Balaban J connectivity index is 0.00000320. The SMILES string of the molecule is C[N+]1([C@H]2C(NC(=O)Cc3ccccc3)CC([N+](=O)[O-])C[C@@H]2C(F)(F)F)CCCC1.Cl. The van der Waals surface area contributed by atoms with Crippen LogP contribution in [0.1, 0.15) is 31.2 Å². The first-order valence-electron chi connectivity index (χ1n) is 9.98. The molecule has 6 nitrogen and oxygen atoms in total. The predicted octanol–water partition coefficient (Wildman–Crippen LogP) is 3.36. The topological polar surface area (TPSA) is 72.2 Å². The minimum absolute atomic E-state index is 0. The number of carbonyl (C=O) groups excluding carboxylic acids is 1. The highest BCUT2D eigenvalue weighted by Crippen LogP contribution is 2.44. The molecule has 1 aliphatic carbocycles. The summed E-state index contributed by atoms with van der Waals surface area (Å²) in [7, 11) is 1.79. The largest absolute Gasteiger partial charge is 0.397 e. The fourth-order valence-electron chi connectivity index (χ4n) is 5.15. The third-order valence-corrected chi connectivity index (χ3v) is 6.46. The number of halogens is 4. The molecular weight excluding hydrogens is 423 g/mol. The van der Waals surface area contributed by atoms with Crippen molar-refractivity contribution in [2.24, 2.45) is 5.92 Å². The summed E-state index contributed by atoms with van der Waals surface area (Å²) in [6.45, 7) is 1.18. The van der Waals surface area contributed by atoms with Crippen molar-refractivity contribution in [3.05, 3.63) is 46.0 Å². The van der Waals surface area contributed by atoms with Crippen LogP contribution in [-0.4, -0.2) is 59.8 Å². The van der Waals surface area contributed by atoms with Crippen molar-refractivity contribution < 1.29 is 27.4 Å². The van der Waals surface area contributed by atoms with Gasteiger partial charge in [0.1, 0.15) is 12.0 Å². The van der Waals surface area contributed by atoms with Gasteiger partial charge in [-0.1, -0.05) is 30.3 Å². The Bertz CT molecular complexity index is 742. The van der Waals surface area contributed by atoms with E-state index in [4.69, 9.17) is 0 Å². The first-order valence-corrected chi connectivity index (χ1v) is 9.98. The normalized spacial score (nSPS) is 28.4. The summed E-state index contributed by atoms with van der Waals surface area (Å²) < 4.78 is 42.1. The molecule has 1 saturated heterocycles. The number of nitrogens with zero attached hydrogens (tertiary/aromatic N) is 2. The standard InChI is InChI=1S/C20H26F3N3O3.ClH/c1-26(9-5-6-10-26)19-16(20(21,22)23)12-15(25(28)29)13-17(19)24-18(27)11-14-7-3-2-4-8-14;/h2-4,7-8,15-17,19H,5-6,9-13H2,1H3;1H/p+1/t15?,16-,17?,19+;/m0./s1. The zero-order valence-electron chi connectivity index (χ0n) is 16.8. The predicted molar refractivity (Wildman–Crippen MR) is 108 cm³/mol. The number of carbonyl (C=O) groups is 1. The van der Waals surface area contributed by atoms with Gasteiger partial charge in [0.2, 0.25) is 11.9 Å². The molecule has 1 heterocycles. The molecule has 1 aliphatic heterocycles. The summed E-state index contributed by atoms with van der Waals surface area (Å²) in [5, 5.41) is 14.1. The molecule has 2 aliphatic rings. The summed E-state index contributed by atoms with van der Waals surface area (Å²) in [5.74, 6) is -2.21. The summed E-state index contributed by atoms with van der Waals surface area (Å²) in [6.07, 6.45) is -3.47. The highest BCUT2D eigenvalue weighted by Gasteiger charge is 2.61. The number of amides is 1. The molecule has 1 amide bonds. The Labute approximate surface area is 180 Å². The zero-order chi connectivity index (χ0) is 21.2. The Morgan fingerprint density at radius 2 is 1.80 bits per heavy atom. The Hall–Kier alpha value is -1.87. The second-order valence-corrected chi connectivity index (χ2v) is 8.52. The van der Waals surface area contributed by atoms with Gasteiger partial charge in [-0.15, -0.1) is 12.4 Å². The fourth-order valence-corrected chi connectivity index (χ4v) is 5.15.